The number of anilines is 1. The van der Waals surface area contributed by atoms with Crippen molar-refractivity contribution in [3.8, 4) is 5.75 Å². The summed E-state index contributed by atoms with van der Waals surface area (Å²) >= 11 is 0. The van der Waals surface area contributed by atoms with E-state index in [0.29, 0.717) is 6.04 Å². The van der Waals surface area contributed by atoms with E-state index in [9.17, 15) is 0 Å². The van der Waals surface area contributed by atoms with Gasteiger partial charge in [0, 0.05) is 6.04 Å². The topological polar surface area (TPSA) is 33.3 Å². The zero-order valence-electron chi connectivity index (χ0n) is 14.5. The van der Waals surface area contributed by atoms with Gasteiger partial charge in [0.25, 0.3) is 0 Å². The molecule has 0 spiro atoms. The number of para-hydroxylation sites is 2. The minimum absolute atomic E-state index is 0.210. The molecule has 128 valence electrons. The van der Waals surface area contributed by atoms with Crippen LogP contribution in [0.1, 0.15) is 24.9 Å². The van der Waals surface area contributed by atoms with E-state index < -0.39 is 0 Å². The Labute approximate surface area is 149 Å². The van der Waals surface area contributed by atoms with Gasteiger partial charge in [0.05, 0.1) is 12.2 Å². The number of ether oxygens (including phenoxy) is 1. The first kappa shape index (κ1) is 16.0. The molecule has 4 rings (SSSR count). The molecule has 0 aromatic heterocycles. The van der Waals surface area contributed by atoms with Gasteiger partial charge < -0.3 is 15.4 Å². The molecule has 0 amide bonds. The van der Waals surface area contributed by atoms with Gasteiger partial charge in [-0.2, -0.15) is 0 Å². The third-order valence-electron chi connectivity index (χ3n) is 4.91. The molecule has 3 aromatic rings. The van der Waals surface area contributed by atoms with Crippen LogP contribution >= 0.6 is 0 Å². The van der Waals surface area contributed by atoms with Crippen molar-refractivity contribution in [3.63, 3.8) is 0 Å². The predicted molar refractivity (Wildman–Crippen MR) is 104 cm³/mol. The van der Waals surface area contributed by atoms with Gasteiger partial charge in [0.15, 0.2) is 0 Å². The molecule has 0 aliphatic carbocycles. The van der Waals surface area contributed by atoms with Crippen LogP contribution in [0, 0.1) is 0 Å². The fraction of sp³-hybridized carbons (Fsp3) is 0.273. The molecule has 2 N–H and O–H groups in total. The summed E-state index contributed by atoms with van der Waals surface area (Å²) in [6, 6.07) is 23.6. The third kappa shape index (κ3) is 3.47. The van der Waals surface area contributed by atoms with Crippen LogP contribution in [0.25, 0.3) is 10.8 Å². The van der Waals surface area contributed by atoms with Crippen LogP contribution in [-0.2, 0) is 0 Å². The van der Waals surface area contributed by atoms with Crippen molar-refractivity contribution in [3.05, 3.63) is 72.3 Å². The average molecular weight is 332 g/mol. The number of rotatable bonds is 5. The van der Waals surface area contributed by atoms with E-state index in [1.54, 1.807) is 0 Å². The standard InChI is InChI=1S/C22H24N2O/c1-16(19-10-6-8-17-7-2-3-9-20(17)19)23-14-13-18-15-24-21-11-4-5-12-22(21)25-18/h2-12,16,18,23-24H,13-15H2,1H3. The van der Waals surface area contributed by atoms with Crippen molar-refractivity contribution >= 4 is 16.5 Å². The summed E-state index contributed by atoms with van der Waals surface area (Å²) in [5.41, 5.74) is 2.45. The highest BCUT2D eigenvalue weighted by Crippen LogP contribution is 2.29. The van der Waals surface area contributed by atoms with Gasteiger partial charge in [0.1, 0.15) is 11.9 Å². The minimum atomic E-state index is 0.210. The van der Waals surface area contributed by atoms with Crippen LogP contribution in [0.15, 0.2) is 66.7 Å². The Morgan fingerprint density at radius 2 is 1.84 bits per heavy atom. The zero-order valence-corrected chi connectivity index (χ0v) is 14.5. The maximum atomic E-state index is 6.09. The van der Waals surface area contributed by atoms with Crippen LogP contribution in [0.5, 0.6) is 5.75 Å². The Hall–Kier alpha value is -2.52. The summed E-state index contributed by atoms with van der Waals surface area (Å²) in [6.45, 7) is 4.03. The van der Waals surface area contributed by atoms with Crippen molar-refractivity contribution in [2.75, 3.05) is 18.4 Å². The molecular weight excluding hydrogens is 308 g/mol. The van der Waals surface area contributed by atoms with E-state index >= 15 is 0 Å². The molecule has 3 heteroatoms. The maximum Gasteiger partial charge on any atom is 0.142 e. The number of nitrogens with one attached hydrogen (secondary N) is 2. The molecule has 1 aliphatic heterocycles. The molecule has 0 fully saturated rings. The number of hydrogen-bond donors (Lipinski definition) is 2. The number of fused-ring (bicyclic) bond motifs is 2. The number of hydrogen-bond acceptors (Lipinski definition) is 3. The Bertz CT molecular complexity index is 856. The molecular formula is C22H24N2O. The first-order valence-electron chi connectivity index (χ1n) is 9.02. The van der Waals surface area contributed by atoms with E-state index in [1.807, 2.05) is 18.2 Å². The Kier molecular flexibility index (Phi) is 4.57. The minimum Gasteiger partial charge on any atom is -0.486 e. The van der Waals surface area contributed by atoms with Crippen molar-refractivity contribution in [2.45, 2.75) is 25.5 Å². The fourth-order valence-corrected chi connectivity index (χ4v) is 3.52. The van der Waals surface area contributed by atoms with Crippen LogP contribution in [-0.4, -0.2) is 19.2 Å². The van der Waals surface area contributed by atoms with E-state index in [0.717, 1.165) is 30.9 Å². The van der Waals surface area contributed by atoms with Crippen molar-refractivity contribution < 1.29 is 4.74 Å². The van der Waals surface area contributed by atoms with Gasteiger partial charge in [-0.25, -0.2) is 0 Å². The molecule has 0 bridgehead atoms. The second-order valence-electron chi connectivity index (χ2n) is 6.65. The summed E-state index contributed by atoms with van der Waals surface area (Å²) in [7, 11) is 0. The first-order chi connectivity index (χ1) is 12.3. The molecule has 0 saturated carbocycles. The second kappa shape index (κ2) is 7.16. The van der Waals surface area contributed by atoms with E-state index in [2.05, 4.69) is 66.1 Å². The first-order valence-corrected chi connectivity index (χ1v) is 9.02. The quantitative estimate of drug-likeness (QED) is 0.707. The third-order valence-corrected chi connectivity index (χ3v) is 4.91. The second-order valence-corrected chi connectivity index (χ2v) is 6.65. The van der Waals surface area contributed by atoms with E-state index in [1.165, 1.54) is 16.3 Å². The highest BCUT2D eigenvalue weighted by molar-refractivity contribution is 5.86. The van der Waals surface area contributed by atoms with Gasteiger partial charge in [0.2, 0.25) is 0 Å². The highest BCUT2D eigenvalue weighted by atomic mass is 16.5. The van der Waals surface area contributed by atoms with E-state index in [-0.39, 0.29) is 6.10 Å². The van der Waals surface area contributed by atoms with Gasteiger partial charge in [-0.15, -0.1) is 0 Å². The van der Waals surface area contributed by atoms with Crippen LogP contribution < -0.4 is 15.4 Å². The van der Waals surface area contributed by atoms with Crippen molar-refractivity contribution in [1.29, 1.82) is 0 Å². The number of benzene rings is 3. The average Bonchev–Trinajstić information content (AvgIpc) is 2.67. The molecule has 0 saturated heterocycles. The Morgan fingerprint density at radius 3 is 2.80 bits per heavy atom. The van der Waals surface area contributed by atoms with Crippen molar-refractivity contribution in [2.24, 2.45) is 0 Å². The van der Waals surface area contributed by atoms with Gasteiger partial charge in [-0.3, -0.25) is 0 Å². The summed E-state index contributed by atoms with van der Waals surface area (Å²) in [5, 5.41) is 9.73. The predicted octanol–water partition coefficient (Wildman–Crippen LogP) is 4.75. The van der Waals surface area contributed by atoms with Crippen LogP contribution in [0.3, 0.4) is 0 Å². The molecule has 2 unspecified atom stereocenters. The van der Waals surface area contributed by atoms with Gasteiger partial charge in [-0.05, 0) is 48.4 Å². The fourth-order valence-electron chi connectivity index (χ4n) is 3.52. The summed E-state index contributed by atoms with van der Waals surface area (Å²) in [6.07, 6.45) is 1.19. The van der Waals surface area contributed by atoms with Crippen LogP contribution in [0.2, 0.25) is 0 Å². The molecule has 3 aromatic carbocycles. The Morgan fingerprint density at radius 1 is 1.04 bits per heavy atom. The lowest BCUT2D eigenvalue weighted by Gasteiger charge is -2.28. The van der Waals surface area contributed by atoms with Crippen LogP contribution in [0.4, 0.5) is 5.69 Å². The lowest BCUT2D eigenvalue weighted by atomic mass is 9.99. The monoisotopic (exact) mass is 332 g/mol. The van der Waals surface area contributed by atoms with E-state index in [4.69, 9.17) is 4.74 Å². The normalized spacial score (nSPS) is 17.4. The SMILES string of the molecule is CC(NCCC1CNc2ccccc2O1)c1cccc2ccccc12. The summed E-state index contributed by atoms with van der Waals surface area (Å²) < 4.78 is 6.09. The molecule has 1 heterocycles. The summed E-state index contributed by atoms with van der Waals surface area (Å²) in [5.74, 6) is 0.959. The smallest absolute Gasteiger partial charge is 0.142 e. The maximum absolute atomic E-state index is 6.09. The van der Waals surface area contributed by atoms with Crippen molar-refractivity contribution in [1.82, 2.24) is 5.32 Å². The lowest BCUT2D eigenvalue weighted by Crippen LogP contribution is -2.34. The largest absolute Gasteiger partial charge is 0.486 e. The zero-order chi connectivity index (χ0) is 17.1. The van der Waals surface area contributed by atoms with Gasteiger partial charge in [-0.1, -0.05) is 54.6 Å². The lowest BCUT2D eigenvalue weighted by molar-refractivity contribution is 0.193. The molecule has 0 radical (unpaired) electrons. The molecule has 1 aliphatic rings. The Balaban J connectivity index is 1.36. The molecule has 25 heavy (non-hydrogen) atoms. The van der Waals surface area contributed by atoms with Gasteiger partial charge >= 0.3 is 0 Å². The molecule has 2 atom stereocenters. The highest BCUT2D eigenvalue weighted by Gasteiger charge is 2.18. The molecule has 3 nitrogen and oxygen atoms in total. The summed E-state index contributed by atoms with van der Waals surface area (Å²) in [4.78, 5) is 0.